The van der Waals surface area contributed by atoms with E-state index >= 15 is 0 Å². The van der Waals surface area contributed by atoms with Crippen molar-refractivity contribution in [3.8, 4) is 0 Å². The second-order valence-corrected chi connectivity index (χ2v) is 7.47. The molecule has 1 saturated carbocycles. The van der Waals surface area contributed by atoms with Gasteiger partial charge in [-0.25, -0.2) is 4.98 Å². The minimum Gasteiger partial charge on any atom is -0.308 e. The van der Waals surface area contributed by atoms with Crippen molar-refractivity contribution < 1.29 is 0 Å². The number of aryl methyl sites for hydroxylation is 2. The van der Waals surface area contributed by atoms with Crippen LogP contribution in [0.15, 0.2) is 5.38 Å². The molecule has 0 aromatic carbocycles. The van der Waals surface area contributed by atoms with Gasteiger partial charge in [-0.3, -0.25) is 4.40 Å². The third kappa shape index (κ3) is 2.63. The van der Waals surface area contributed by atoms with Gasteiger partial charge in [0.1, 0.15) is 0 Å². The lowest BCUT2D eigenvalue weighted by Crippen LogP contribution is -2.36. The molecule has 1 N–H and O–H groups in total. The molecule has 0 bridgehead atoms. The van der Waals surface area contributed by atoms with Crippen LogP contribution >= 0.6 is 11.3 Å². The summed E-state index contributed by atoms with van der Waals surface area (Å²) in [7, 11) is 0. The van der Waals surface area contributed by atoms with Gasteiger partial charge in [0.05, 0.1) is 11.4 Å². The van der Waals surface area contributed by atoms with E-state index in [1.54, 1.807) is 11.3 Å². The van der Waals surface area contributed by atoms with Gasteiger partial charge in [-0.15, -0.1) is 11.3 Å². The Hall–Kier alpha value is -0.870. The zero-order valence-electron chi connectivity index (χ0n) is 12.9. The van der Waals surface area contributed by atoms with Crippen molar-refractivity contribution in [2.24, 2.45) is 11.8 Å². The highest BCUT2D eigenvalue weighted by molar-refractivity contribution is 7.15. The van der Waals surface area contributed by atoms with Crippen molar-refractivity contribution in [3.63, 3.8) is 0 Å². The van der Waals surface area contributed by atoms with Gasteiger partial charge in [0, 0.05) is 23.7 Å². The first kappa shape index (κ1) is 14.1. The van der Waals surface area contributed by atoms with E-state index in [0.717, 1.165) is 23.3 Å². The third-order valence-corrected chi connectivity index (χ3v) is 5.51. The Morgan fingerprint density at radius 1 is 1.25 bits per heavy atom. The summed E-state index contributed by atoms with van der Waals surface area (Å²) in [5.41, 5.74) is 3.81. The zero-order chi connectivity index (χ0) is 14.3. The molecule has 110 valence electrons. The number of nitrogens with zero attached hydrogens (tertiary/aromatic N) is 2. The summed E-state index contributed by atoms with van der Waals surface area (Å²) in [6.07, 6.45) is 4.01. The fourth-order valence-electron chi connectivity index (χ4n) is 3.73. The molecule has 3 rings (SSSR count). The molecule has 1 fully saturated rings. The molecule has 0 aliphatic heterocycles. The molecule has 0 radical (unpaired) electrons. The fraction of sp³-hybridized carbons (Fsp3) is 0.688. The Kier molecular flexibility index (Phi) is 3.87. The molecule has 0 spiro atoms. The highest BCUT2D eigenvalue weighted by Gasteiger charge is 2.24. The van der Waals surface area contributed by atoms with Gasteiger partial charge in [0.25, 0.3) is 0 Å². The summed E-state index contributed by atoms with van der Waals surface area (Å²) in [5.74, 6) is 1.70. The van der Waals surface area contributed by atoms with Gasteiger partial charge < -0.3 is 5.32 Å². The number of imidazole rings is 1. The summed E-state index contributed by atoms with van der Waals surface area (Å²) in [6.45, 7) is 10.0. The molecule has 2 unspecified atom stereocenters. The Morgan fingerprint density at radius 3 is 2.65 bits per heavy atom. The predicted octanol–water partition coefficient (Wildman–Crippen LogP) is 3.93. The monoisotopic (exact) mass is 291 g/mol. The predicted molar refractivity (Wildman–Crippen MR) is 85.3 cm³/mol. The average Bonchev–Trinajstić information content (AvgIpc) is 2.86. The maximum atomic E-state index is 4.67. The average molecular weight is 291 g/mol. The molecular formula is C16H25N3S. The quantitative estimate of drug-likeness (QED) is 0.928. The summed E-state index contributed by atoms with van der Waals surface area (Å²) in [4.78, 5) is 5.80. The molecule has 3 nitrogen and oxygen atoms in total. The van der Waals surface area contributed by atoms with E-state index in [0.29, 0.717) is 6.04 Å². The van der Waals surface area contributed by atoms with E-state index in [1.165, 1.54) is 36.3 Å². The normalized spacial score (nSPS) is 27.3. The van der Waals surface area contributed by atoms with Crippen molar-refractivity contribution in [1.82, 2.24) is 14.7 Å². The fourth-order valence-corrected chi connectivity index (χ4v) is 4.66. The number of thiazole rings is 1. The molecular weight excluding hydrogens is 266 g/mol. The van der Waals surface area contributed by atoms with E-state index in [2.05, 4.69) is 47.8 Å². The summed E-state index contributed by atoms with van der Waals surface area (Å²) >= 11 is 1.74. The van der Waals surface area contributed by atoms with Crippen molar-refractivity contribution in [3.05, 3.63) is 22.5 Å². The number of fused-ring (bicyclic) bond motifs is 1. The number of hydrogen-bond donors (Lipinski definition) is 1. The lowest BCUT2D eigenvalue weighted by atomic mass is 9.80. The largest absolute Gasteiger partial charge is 0.308 e. The van der Waals surface area contributed by atoms with Gasteiger partial charge in [0.15, 0.2) is 4.96 Å². The highest BCUT2D eigenvalue weighted by Crippen LogP contribution is 2.29. The smallest absolute Gasteiger partial charge is 0.194 e. The van der Waals surface area contributed by atoms with Gasteiger partial charge in [-0.05, 0) is 44.9 Å². The van der Waals surface area contributed by atoms with E-state index in [-0.39, 0.29) is 0 Å². The minimum absolute atomic E-state index is 0.664. The van der Waals surface area contributed by atoms with Crippen LogP contribution in [0, 0.1) is 25.7 Å². The van der Waals surface area contributed by atoms with Crippen LogP contribution in [0.3, 0.4) is 0 Å². The van der Waals surface area contributed by atoms with Crippen LogP contribution in [0.2, 0.25) is 0 Å². The Bertz CT molecular complexity index is 588. The van der Waals surface area contributed by atoms with Gasteiger partial charge >= 0.3 is 0 Å². The van der Waals surface area contributed by atoms with Crippen molar-refractivity contribution in [2.45, 2.75) is 59.5 Å². The molecule has 4 heteroatoms. The maximum absolute atomic E-state index is 4.67. The number of nitrogens with one attached hydrogen (secondary N) is 1. The molecule has 2 aromatic heterocycles. The van der Waals surface area contributed by atoms with Crippen LogP contribution in [-0.4, -0.2) is 15.4 Å². The molecule has 1 aliphatic rings. The maximum Gasteiger partial charge on any atom is 0.194 e. The van der Waals surface area contributed by atoms with Crippen molar-refractivity contribution >= 4 is 16.3 Å². The van der Waals surface area contributed by atoms with Crippen LogP contribution in [0.25, 0.3) is 4.96 Å². The van der Waals surface area contributed by atoms with Crippen LogP contribution in [0.1, 0.15) is 50.2 Å². The summed E-state index contributed by atoms with van der Waals surface area (Å²) < 4.78 is 2.31. The van der Waals surface area contributed by atoms with Crippen molar-refractivity contribution in [1.29, 1.82) is 0 Å². The molecule has 2 aromatic rings. The van der Waals surface area contributed by atoms with Crippen LogP contribution in [0.4, 0.5) is 0 Å². The topological polar surface area (TPSA) is 29.3 Å². The van der Waals surface area contributed by atoms with E-state index in [4.69, 9.17) is 0 Å². The molecule has 0 amide bonds. The van der Waals surface area contributed by atoms with Crippen molar-refractivity contribution in [2.75, 3.05) is 0 Å². The lowest BCUT2D eigenvalue weighted by Gasteiger charge is -2.32. The second kappa shape index (κ2) is 5.49. The molecule has 2 atom stereocenters. The lowest BCUT2D eigenvalue weighted by molar-refractivity contribution is 0.237. The summed E-state index contributed by atoms with van der Waals surface area (Å²) in [6, 6.07) is 0.664. The first-order valence-electron chi connectivity index (χ1n) is 7.70. The van der Waals surface area contributed by atoms with Gasteiger partial charge in [-0.1, -0.05) is 13.8 Å². The van der Waals surface area contributed by atoms with E-state index in [1.807, 2.05) is 0 Å². The highest BCUT2D eigenvalue weighted by atomic mass is 32.1. The minimum atomic E-state index is 0.664. The van der Waals surface area contributed by atoms with Crippen LogP contribution in [-0.2, 0) is 6.54 Å². The first-order valence-corrected chi connectivity index (χ1v) is 8.58. The Labute approximate surface area is 125 Å². The second-order valence-electron chi connectivity index (χ2n) is 6.63. The van der Waals surface area contributed by atoms with E-state index < -0.39 is 0 Å². The Balaban J connectivity index is 1.73. The Morgan fingerprint density at radius 2 is 1.95 bits per heavy atom. The third-order valence-electron chi connectivity index (χ3n) is 4.57. The van der Waals surface area contributed by atoms with Gasteiger partial charge in [0.2, 0.25) is 0 Å². The number of hydrogen-bond acceptors (Lipinski definition) is 3. The number of aromatic nitrogens is 2. The first-order chi connectivity index (χ1) is 9.54. The molecule has 20 heavy (non-hydrogen) atoms. The van der Waals surface area contributed by atoms with Gasteiger partial charge in [-0.2, -0.15) is 0 Å². The summed E-state index contributed by atoms with van der Waals surface area (Å²) in [5, 5.41) is 5.97. The van der Waals surface area contributed by atoms with Crippen LogP contribution in [0.5, 0.6) is 0 Å². The standard InChI is InChI=1S/C16H25N3S/c1-10-5-11(2)7-14(6-10)17-8-15-13(4)18-16-19(15)12(3)9-20-16/h9-11,14,17H,5-8H2,1-4H3. The van der Waals surface area contributed by atoms with Crippen LogP contribution < -0.4 is 5.32 Å². The molecule has 0 saturated heterocycles. The molecule has 2 heterocycles. The molecule has 1 aliphatic carbocycles. The SMILES string of the molecule is Cc1nc2scc(C)n2c1CNC1CC(C)CC(C)C1. The van der Waals surface area contributed by atoms with E-state index in [9.17, 15) is 0 Å². The number of rotatable bonds is 3. The zero-order valence-corrected chi connectivity index (χ0v) is 13.8.